The third-order valence-electron chi connectivity index (χ3n) is 3.75. The molecular weight excluding hydrogens is 258 g/mol. The number of piperidine rings is 1. The number of aliphatic carboxylic acids is 1. The van der Waals surface area contributed by atoms with E-state index in [9.17, 15) is 9.90 Å². The number of carboxylic acids is 1. The van der Waals surface area contributed by atoms with Crippen LogP contribution in [0.1, 0.15) is 45.3 Å². The molecule has 0 bridgehead atoms. The lowest BCUT2D eigenvalue weighted by Crippen LogP contribution is -2.45. The Labute approximate surface area is 119 Å². The molecular formula is C14H23N3O3. The number of aromatic nitrogens is 2. The molecule has 0 amide bonds. The van der Waals surface area contributed by atoms with Gasteiger partial charge in [0.05, 0.1) is 12.0 Å². The zero-order chi connectivity index (χ0) is 14.8. The zero-order valence-corrected chi connectivity index (χ0v) is 12.4. The second kappa shape index (κ2) is 5.91. The average molecular weight is 281 g/mol. The maximum atomic E-state index is 11.3. The molecule has 2 heterocycles. The van der Waals surface area contributed by atoms with Crippen LogP contribution in [0.15, 0.2) is 4.52 Å². The van der Waals surface area contributed by atoms with E-state index in [1.54, 1.807) is 6.92 Å². The van der Waals surface area contributed by atoms with Crippen molar-refractivity contribution in [2.45, 2.75) is 46.6 Å². The van der Waals surface area contributed by atoms with E-state index in [4.69, 9.17) is 4.52 Å². The Morgan fingerprint density at radius 2 is 2.30 bits per heavy atom. The second-order valence-corrected chi connectivity index (χ2v) is 6.38. The van der Waals surface area contributed by atoms with Crippen LogP contribution in [0.4, 0.5) is 0 Å². The van der Waals surface area contributed by atoms with Crippen molar-refractivity contribution in [3.05, 3.63) is 11.7 Å². The molecule has 1 atom stereocenters. The molecule has 20 heavy (non-hydrogen) atoms. The molecule has 1 fully saturated rings. The third-order valence-corrected chi connectivity index (χ3v) is 3.75. The maximum absolute atomic E-state index is 11.3. The van der Waals surface area contributed by atoms with Crippen LogP contribution in [0, 0.1) is 11.3 Å². The molecule has 6 heteroatoms. The average Bonchev–Trinajstić information content (AvgIpc) is 2.75. The normalized spacial score (nSPS) is 24.2. The fourth-order valence-corrected chi connectivity index (χ4v) is 2.65. The fraction of sp³-hybridized carbons (Fsp3) is 0.786. The smallest absolute Gasteiger partial charge is 0.310 e. The Morgan fingerprint density at radius 3 is 2.95 bits per heavy atom. The predicted molar refractivity (Wildman–Crippen MR) is 73.1 cm³/mol. The summed E-state index contributed by atoms with van der Waals surface area (Å²) in [5.41, 5.74) is -0.668. The van der Waals surface area contributed by atoms with Crippen molar-refractivity contribution in [3.63, 3.8) is 0 Å². The van der Waals surface area contributed by atoms with Gasteiger partial charge in [0.25, 0.3) is 0 Å². The molecule has 6 nitrogen and oxygen atoms in total. The summed E-state index contributed by atoms with van der Waals surface area (Å²) in [5, 5.41) is 13.3. The summed E-state index contributed by atoms with van der Waals surface area (Å²) in [6, 6.07) is 0. The van der Waals surface area contributed by atoms with E-state index < -0.39 is 11.4 Å². The molecule has 112 valence electrons. The van der Waals surface area contributed by atoms with Crippen LogP contribution in [-0.4, -0.2) is 39.2 Å². The van der Waals surface area contributed by atoms with Gasteiger partial charge in [0.2, 0.25) is 5.89 Å². The molecule has 0 aromatic carbocycles. The monoisotopic (exact) mass is 281 g/mol. The number of nitrogens with zero attached hydrogens (tertiary/aromatic N) is 3. The highest BCUT2D eigenvalue weighted by atomic mass is 16.5. The van der Waals surface area contributed by atoms with E-state index in [0.717, 1.165) is 31.6 Å². The van der Waals surface area contributed by atoms with E-state index >= 15 is 0 Å². The number of hydrogen-bond donors (Lipinski definition) is 1. The minimum Gasteiger partial charge on any atom is -0.481 e. The first-order valence-corrected chi connectivity index (χ1v) is 7.16. The molecule has 1 aromatic rings. The van der Waals surface area contributed by atoms with Crippen LogP contribution in [0.3, 0.4) is 0 Å². The first-order valence-electron chi connectivity index (χ1n) is 7.16. The minimum atomic E-state index is -0.728. The quantitative estimate of drug-likeness (QED) is 0.888. The molecule has 1 aromatic heterocycles. The van der Waals surface area contributed by atoms with Gasteiger partial charge in [0.15, 0.2) is 5.82 Å². The predicted octanol–water partition coefficient (Wildman–Crippen LogP) is 1.95. The van der Waals surface area contributed by atoms with Crippen LogP contribution >= 0.6 is 0 Å². The first kappa shape index (κ1) is 15.0. The largest absolute Gasteiger partial charge is 0.481 e. The first-order chi connectivity index (χ1) is 9.39. The summed E-state index contributed by atoms with van der Waals surface area (Å²) in [6.07, 6.45) is 2.41. The lowest BCUT2D eigenvalue weighted by atomic mass is 9.82. The summed E-state index contributed by atoms with van der Waals surface area (Å²) in [5.74, 6) is 1.07. The summed E-state index contributed by atoms with van der Waals surface area (Å²) in [7, 11) is 0. The SMILES string of the molecule is CC(C)Cc1noc(CN2CCCC(C)(C(=O)O)C2)n1. The van der Waals surface area contributed by atoms with Crippen molar-refractivity contribution in [3.8, 4) is 0 Å². The van der Waals surface area contributed by atoms with Crippen molar-refractivity contribution >= 4 is 5.97 Å². The molecule has 1 unspecified atom stereocenters. The van der Waals surface area contributed by atoms with Gasteiger partial charge < -0.3 is 9.63 Å². The van der Waals surface area contributed by atoms with Gasteiger partial charge in [-0.15, -0.1) is 0 Å². The number of hydrogen-bond acceptors (Lipinski definition) is 5. The van der Waals surface area contributed by atoms with Crippen LogP contribution in [0.5, 0.6) is 0 Å². The molecule has 0 radical (unpaired) electrons. The Morgan fingerprint density at radius 1 is 1.55 bits per heavy atom. The Balaban J connectivity index is 1.96. The number of carboxylic acid groups (broad SMARTS) is 1. The summed E-state index contributed by atoms with van der Waals surface area (Å²) in [4.78, 5) is 17.8. The van der Waals surface area contributed by atoms with Gasteiger partial charge >= 0.3 is 5.97 Å². The van der Waals surface area contributed by atoms with Gasteiger partial charge in [-0.1, -0.05) is 19.0 Å². The van der Waals surface area contributed by atoms with Crippen molar-refractivity contribution in [1.29, 1.82) is 0 Å². The highest BCUT2D eigenvalue weighted by molar-refractivity contribution is 5.74. The molecule has 1 saturated heterocycles. The number of rotatable bonds is 5. The van der Waals surface area contributed by atoms with Gasteiger partial charge in [-0.2, -0.15) is 4.98 Å². The van der Waals surface area contributed by atoms with Gasteiger partial charge in [0.1, 0.15) is 0 Å². The van der Waals surface area contributed by atoms with E-state index in [-0.39, 0.29) is 0 Å². The van der Waals surface area contributed by atoms with E-state index in [2.05, 4.69) is 28.9 Å². The Kier molecular flexibility index (Phi) is 4.42. The zero-order valence-electron chi connectivity index (χ0n) is 12.4. The van der Waals surface area contributed by atoms with Crippen LogP contribution < -0.4 is 0 Å². The fourth-order valence-electron chi connectivity index (χ4n) is 2.65. The van der Waals surface area contributed by atoms with Gasteiger partial charge in [-0.25, -0.2) is 0 Å². The molecule has 1 N–H and O–H groups in total. The van der Waals surface area contributed by atoms with E-state index in [1.165, 1.54) is 0 Å². The van der Waals surface area contributed by atoms with Gasteiger partial charge in [-0.05, 0) is 32.2 Å². The van der Waals surface area contributed by atoms with Crippen LogP contribution in [0.25, 0.3) is 0 Å². The highest BCUT2D eigenvalue weighted by Crippen LogP contribution is 2.30. The second-order valence-electron chi connectivity index (χ2n) is 6.38. The van der Waals surface area contributed by atoms with Gasteiger partial charge in [-0.3, -0.25) is 9.69 Å². The van der Waals surface area contributed by atoms with Gasteiger partial charge in [0, 0.05) is 13.0 Å². The molecule has 2 rings (SSSR count). The molecule has 1 aliphatic heterocycles. The Hall–Kier alpha value is -1.43. The maximum Gasteiger partial charge on any atom is 0.310 e. The Bertz CT molecular complexity index is 472. The standard InChI is InChI=1S/C14H23N3O3/c1-10(2)7-11-15-12(20-16-11)8-17-6-4-5-14(3,9-17)13(18)19/h10H,4-9H2,1-3H3,(H,18,19). The van der Waals surface area contributed by atoms with E-state index in [0.29, 0.717) is 24.9 Å². The molecule has 0 spiro atoms. The highest BCUT2D eigenvalue weighted by Gasteiger charge is 2.38. The third kappa shape index (κ3) is 3.56. The van der Waals surface area contributed by atoms with Crippen LogP contribution in [-0.2, 0) is 17.8 Å². The number of carbonyl (C=O) groups is 1. The van der Waals surface area contributed by atoms with Crippen molar-refractivity contribution < 1.29 is 14.4 Å². The van der Waals surface area contributed by atoms with E-state index in [1.807, 2.05) is 0 Å². The molecule has 1 aliphatic rings. The van der Waals surface area contributed by atoms with Crippen molar-refractivity contribution in [2.24, 2.45) is 11.3 Å². The lowest BCUT2D eigenvalue weighted by molar-refractivity contribution is -0.151. The van der Waals surface area contributed by atoms with Crippen LogP contribution in [0.2, 0.25) is 0 Å². The number of likely N-dealkylation sites (tertiary alicyclic amines) is 1. The summed E-state index contributed by atoms with van der Waals surface area (Å²) >= 11 is 0. The van der Waals surface area contributed by atoms with Crippen molar-refractivity contribution in [1.82, 2.24) is 15.0 Å². The topological polar surface area (TPSA) is 79.5 Å². The molecule has 0 aliphatic carbocycles. The van der Waals surface area contributed by atoms with Crippen molar-refractivity contribution in [2.75, 3.05) is 13.1 Å². The lowest BCUT2D eigenvalue weighted by Gasteiger charge is -2.36. The summed E-state index contributed by atoms with van der Waals surface area (Å²) in [6.45, 7) is 7.97. The minimum absolute atomic E-state index is 0.491. The molecule has 0 saturated carbocycles. The summed E-state index contributed by atoms with van der Waals surface area (Å²) < 4.78 is 5.25.